The number of rotatable bonds is 9. The van der Waals surface area contributed by atoms with E-state index in [2.05, 4.69) is 160 Å². The van der Waals surface area contributed by atoms with Crippen LogP contribution in [-0.4, -0.2) is 3.21 Å². The minimum absolute atomic E-state index is 0. The van der Waals surface area contributed by atoms with Crippen molar-refractivity contribution >= 4 is 48.0 Å². The minimum atomic E-state index is 0. The summed E-state index contributed by atoms with van der Waals surface area (Å²) in [5, 5.41) is 6.90. The van der Waals surface area contributed by atoms with Gasteiger partial charge in [-0.15, -0.1) is 11.1 Å². The zero-order valence-electron chi connectivity index (χ0n) is 36.4. The summed E-state index contributed by atoms with van der Waals surface area (Å²) >= 11 is 13.2. The molecule has 1 unspecified atom stereocenters. The van der Waals surface area contributed by atoms with Crippen molar-refractivity contribution in [1.29, 1.82) is 0 Å². The molecule has 0 nitrogen and oxygen atoms in total. The Kier molecular flexibility index (Phi) is 17.7. The normalized spacial score (nSPS) is 11.6. The van der Waals surface area contributed by atoms with E-state index >= 15 is 0 Å². The van der Waals surface area contributed by atoms with Crippen LogP contribution >= 0.6 is 23.2 Å². The summed E-state index contributed by atoms with van der Waals surface area (Å²) in [5.74, 6) is 0.995. The van der Waals surface area contributed by atoms with Crippen molar-refractivity contribution < 1.29 is 49.0 Å². The first-order valence-electron chi connectivity index (χ1n) is 21.6. The molecule has 0 heterocycles. The Morgan fingerprint density at radius 2 is 1.16 bits per heavy atom. The Morgan fingerprint density at radius 3 is 1.75 bits per heavy atom. The molecule has 64 heavy (non-hydrogen) atoms. The number of aryl methyl sites for hydroxylation is 1. The fraction of sp³-hybridized carbons (Fsp3) is 0.153. The van der Waals surface area contributed by atoms with Gasteiger partial charge in [0.25, 0.3) is 0 Å². The fourth-order valence-electron chi connectivity index (χ4n) is 8.78. The Balaban J connectivity index is 0.000000226. The van der Waals surface area contributed by atoms with Crippen molar-refractivity contribution in [2.45, 2.75) is 52.4 Å². The second kappa shape index (κ2) is 23.1. The van der Waals surface area contributed by atoms with Crippen LogP contribution in [0.2, 0.25) is 10.0 Å². The number of hydrogen-bond donors (Lipinski definition) is 0. The first kappa shape index (κ1) is 49.0. The molecule has 0 bridgehead atoms. The van der Waals surface area contributed by atoms with Crippen LogP contribution in [0.4, 0.5) is 0 Å². The summed E-state index contributed by atoms with van der Waals surface area (Å²) in [6.45, 7) is 6.96. The molecule has 0 fully saturated rings. The Bertz CT molecular complexity index is 2850. The van der Waals surface area contributed by atoms with Crippen LogP contribution in [0.5, 0.6) is 0 Å². The van der Waals surface area contributed by atoms with Gasteiger partial charge in [-0.2, -0.15) is 42.0 Å². The van der Waals surface area contributed by atoms with Crippen molar-refractivity contribution in [3.05, 3.63) is 243 Å². The molecule has 10 rings (SSSR count). The van der Waals surface area contributed by atoms with Gasteiger partial charge >= 0.3 is 133 Å². The zero-order chi connectivity index (χ0) is 43.0. The van der Waals surface area contributed by atoms with Crippen molar-refractivity contribution in [3.63, 3.8) is 0 Å². The number of benzene rings is 8. The second-order valence-corrected chi connectivity index (χ2v) is 19.3. The van der Waals surface area contributed by atoms with Gasteiger partial charge in [0, 0.05) is 0 Å². The van der Waals surface area contributed by atoms with E-state index in [0.717, 1.165) is 35.7 Å². The SMILES string of the molecule is Cc1cc2c(cc1-c1cccc3ccccc13)Cc1[c-]c(CC(c3cccc4ccccc34)C(C)C)ccc1-2.Clc1ccc(C[C](=[Zr+2])Cc2ccc(Cl)cc2)cc1.[Cl-].[Cl-].c1cc[cH-]c1. The monoisotopic (exact) mass is 988 g/mol. The van der Waals surface area contributed by atoms with E-state index in [-0.39, 0.29) is 24.8 Å². The van der Waals surface area contributed by atoms with E-state index in [1.54, 1.807) is 0 Å². The van der Waals surface area contributed by atoms with Gasteiger partial charge in [0.2, 0.25) is 0 Å². The van der Waals surface area contributed by atoms with Crippen molar-refractivity contribution in [2.24, 2.45) is 5.92 Å². The smallest absolute Gasteiger partial charge is 0.172 e. The van der Waals surface area contributed by atoms with Crippen LogP contribution in [0.15, 0.2) is 188 Å². The van der Waals surface area contributed by atoms with Crippen molar-refractivity contribution in [3.8, 4) is 22.3 Å². The molecular formula is C59H50Cl4Zr-2. The molecule has 1 aliphatic rings. The van der Waals surface area contributed by atoms with E-state index in [0.29, 0.717) is 11.8 Å². The third-order valence-electron chi connectivity index (χ3n) is 12.0. The summed E-state index contributed by atoms with van der Waals surface area (Å²) in [5.41, 5.74) is 14.9. The fourth-order valence-corrected chi connectivity index (χ4v) is 10.0. The molecule has 0 radical (unpaired) electrons. The summed E-state index contributed by atoms with van der Waals surface area (Å²) < 4.78 is 1.52. The minimum Gasteiger partial charge on any atom is -1.00 e. The summed E-state index contributed by atoms with van der Waals surface area (Å²) in [6, 6.07) is 70.5. The first-order chi connectivity index (χ1) is 30.2. The van der Waals surface area contributed by atoms with E-state index in [1.807, 2.05) is 54.6 Å². The predicted molar refractivity (Wildman–Crippen MR) is 264 cm³/mol. The number of hydrogen-bond acceptors (Lipinski definition) is 0. The molecule has 5 heteroatoms. The maximum atomic E-state index is 5.88. The van der Waals surface area contributed by atoms with Gasteiger partial charge in [0.1, 0.15) is 0 Å². The van der Waals surface area contributed by atoms with E-state index in [4.69, 9.17) is 23.2 Å². The van der Waals surface area contributed by atoms with Crippen LogP contribution in [0, 0.1) is 18.9 Å². The molecule has 1 aliphatic carbocycles. The van der Waals surface area contributed by atoms with Gasteiger partial charge in [-0.1, -0.05) is 116 Å². The first-order valence-corrected chi connectivity index (χ1v) is 23.5. The maximum absolute atomic E-state index is 5.88. The molecular weight excluding hydrogens is 942 g/mol. The van der Waals surface area contributed by atoms with Gasteiger partial charge in [0.05, 0.1) is 0 Å². The van der Waals surface area contributed by atoms with Crippen LogP contribution in [-0.2, 0) is 49.9 Å². The van der Waals surface area contributed by atoms with E-state index in [1.165, 1.54) is 110 Å². The van der Waals surface area contributed by atoms with Crippen LogP contribution in [0.3, 0.4) is 0 Å². The number of halogens is 4. The molecule has 9 aromatic rings. The average molecular weight is 992 g/mol. The van der Waals surface area contributed by atoms with Crippen LogP contribution in [0.25, 0.3) is 43.8 Å². The molecule has 0 N–H and O–H groups in total. The van der Waals surface area contributed by atoms with Crippen LogP contribution in [0.1, 0.15) is 58.7 Å². The Morgan fingerprint density at radius 1 is 0.594 bits per heavy atom. The molecule has 0 saturated heterocycles. The molecule has 0 aromatic heterocycles. The molecule has 9 aromatic carbocycles. The van der Waals surface area contributed by atoms with Gasteiger partial charge in [-0.05, 0) is 81.0 Å². The van der Waals surface area contributed by atoms with Gasteiger partial charge in [0.15, 0.2) is 0 Å². The second-order valence-electron chi connectivity index (χ2n) is 16.7. The maximum Gasteiger partial charge on any atom is -0.172 e. The van der Waals surface area contributed by atoms with Gasteiger partial charge in [-0.3, -0.25) is 0 Å². The standard InChI is InChI=1S/C39H33.C15H12Cl2.C5H5.2ClH.Zr/c1-25(2)37(35-16-8-12-28-10-4-6-14-32(28)35)22-27-18-19-34-30(21-27)23-31-24-38(26(3)20-39(31)34)36-17-9-13-29-11-5-7-15-33(29)36;16-14-8-4-12(5-9-14)2-1-3-13-6-10-15(17)11-7-13;1-2-4-5-3-1;;;/h4-20,24-25,37H,22-23H2,1-3H3;4-11H,2-3H2;1-5H;2*1H;/q-1;;-1;;;+2/p-2. The van der Waals surface area contributed by atoms with E-state index < -0.39 is 0 Å². The van der Waals surface area contributed by atoms with Crippen molar-refractivity contribution in [2.75, 3.05) is 0 Å². The topological polar surface area (TPSA) is 0 Å². The quantitative estimate of drug-likeness (QED) is 0.127. The average Bonchev–Trinajstić information content (AvgIpc) is 3.99. The largest absolute Gasteiger partial charge is 1.00 e. The molecule has 0 aliphatic heterocycles. The van der Waals surface area contributed by atoms with Crippen molar-refractivity contribution in [1.82, 2.24) is 0 Å². The molecule has 320 valence electrons. The number of fused-ring (bicyclic) bond motifs is 5. The zero-order valence-corrected chi connectivity index (χ0v) is 41.9. The van der Waals surface area contributed by atoms with Crippen LogP contribution < -0.4 is 24.8 Å². The Hall–Kier alpha value is -4.46. The van der Waals surface area contributed by atoms with Gasteiger partial charge in [-0.25, -0.2) is 12.1 Å². The molecule has 1 atom stereocenters. The third kappa shape index (κ3) is 12.1. The van der Waals surface area contributed by atoms with Gasteiger partial charge < -0.3 is 24.8 Å². The predicted octanol–water partition coefficient (Wildman–Crippen LogP) is 10.2. The molecule has 0 saturated carbocycles. The molecule has 0 amide bonds. The van der Waals surface area contributed by atoms with E-state index in [9.17, 15) is 0 Å². The molecule has 0 spiro atoms. The third-order valence-corrected chi connectivity index (χ3v) is 13.3. The summed E-state index contributed by atoms with van der Waals surface area (Å²) in [4.78, 5) is 0. The summed E-state index contributed by atoms with van der Waals surface area (Å²) in [6.07, 6.45) is 4.02. The Labute approximate surface area is 417 Å². The summed E-state index contributed by atoms with van der Waals surface area (Å²) in [7, 11) is 0.